The van der Waals surface area contributed by atoms with Crippen molar-refractivity contribution in [2.75, 3.05) is 19.6 Å². The lowest BCUT2D eigenvalue weighted by molar-refractivity contribution is -0.122. The van der Waals surface area contributed by atoms with Gasteiger partial charge in [-0.2, -0.15) is 0 Å². The molecule has 3 atom stereocenters. The maximum absolute atomic E-state index is 12.0. The van der Waals surface area contributed by atoms with E-state index in [0.29, 0.717) is 30.7 Å². The molecule has 1 aliphatic rings. The number of aromatic nitrogens is 1. The highest BCUT2D eigenvalue weighted by Gasteiger charge is 2.22. The minimum atomic E-state index is 0.173. The van der Waals surface area contributed by atoms with E-state index in [0.717, 1.165) is 18.1 Å². The Morgan fingerprint density at radius 1 is 1.60 bits per heavy atom. The molecule has 0 aromatic carbocycles. The van der Waals surface area contributed by atoms with Gasteiger partial charge in [-0.15, -0.1) is 11.3 Å². The molecule has 1 saturated heterocycles. The van der Waals surface area contributed by atoms with Crippen LogP contribution < -0.4 is 10.6 Å². The standard InChI is InChI=1S/C15H25N3OS/c1-11(13-4-3-5-16-10-13)8-14(19)18-9-12(2)15-17-6-7-20-15/h6-7,11-13,16H,3-5,8-10H2,1-2H3,(H,18,19). The molecule has 2 rings (SSSR count). The van der Waals surface area contributed by atoms with Crippen LogP contribution >= 0.6 is 11.3 Å². The number of carbonyl (C=O) groups is 1. The molecule has 0 bridgehead atoms. The number of carbonyl (C=O) groups excluding carboxylic acids is 1. The molecule has 0 saturated carbocycles. The van der Waals surface area contributed by atoms with Gasteiger partial charge in [0.05, 0.1) is 5.01 Å². The molecule has 0 spiro atoms. The second-order valence-corrected chi connectivity index (χ2v) is 6.79. The summed E-state index contributed by atoms with van der Waals surface area (Å²) in [6.45, 7) is 7.17. The summed E-state index contributed by atoms with van der Waals surface area (Å²) in [7, 11) is 0. The minimum Gasteiger partial charge on any atom is -0.355 e. The molecule has 1 aliphatic heterocycles. The summed E-state index contributed by atoms with van der Waals surface area (Å²) in [5, 5.41) is 9.54. The van der Waals surface area contributed by atoms with Gasteiger partial charge in [0.1, 0.15) is 0 Å². The molecule has 1 aromatic rings. The monoisotopic (exact) mass is 295 g/mol. The summed E-state index contributed by atoms with van der Waals surface area (Å²) in [6, 6.07) is 0. The van der Waals surface area contributed by atoms with Crippen LogP contribution in [0.3, 0.4) is 0 Å². The molecule has 2 heterocycles. The highest BCUT2D eigenvalue weighted by Crippen LogP contribution is 2.22. The van der Waals surface area contributed by atoms with Crippen LogP contribution in [0.2, 0.25) is 0 Å². The highest BCUT2D eigenvalue weighted by atomic mass is 32.1. The van der Waals surface area contributed by atoms with Gasteiger partial charge in [-0.25, -0.2) is 4.98 Å². The molecule has 0 radical (unpaired) electrons. The zero-order chi connectivity index (χ0) is 14.4. The van der Waals surface area contributed by atoms with Crippen LogP contribution in [0.25, 0.3) is 0 Å². The first-order chi connectivity index (χ1) is 9.66. The topological polar surface area (TPSA) is 54.0 Å². The van der Waals surface area contributed by atoms with E-state index in [1.165, 1.54) is 12.8 Å². The van der Waals surface area contributed by atoms with E-state index in [4.69, 9.17) is 0 Å². The third-order valence-electron chi connectivity index (χ3n) is 4.13. The number of hydrogen-bond donors (Lipinski definition) is 2. The summed E-state index contributed by atoms with van der Waals surface area (Å²) in [4.78, 5) is 16.3. The Bertz CT molecular complexity index is 401. The van der Waals surface area contributed by atoms with Crippen molar-refractivity contribution in [1.82, 2.24) is 15.6 Å². The normalized spacial score (nSPS) is 22.2. The molecule has 5 heteroatoms. The molecule has 1 amide bonds. The number of thiazole rings is 1. The van der Waals surface area contributed by atoms with Gasteiger partial charge in [0, 0.05) is 30.5 Å². The predicted molar refractivity (Wildman–Crippen MR) is 82.9 cm³/mol. The van der Waals surface area contributed by atoms with Gasteiger partial charge in [0.15, 0.2) is 0 Å². The maximum atomic E-state index is 12.0. The van der Waals surface area contributed by atoms with Gasteiger partial charge in [-0.05, 0) is 37.8 Å². The summed E-state index contributed by atoms with van der Waals surface area (Å²) in [5.41, 5.74) is 0. The lowest BCUT2D eigenvalue weighted by Crippen LogP contribution is -2.36. The van der Waals surface area contributed by atoms with Crippen LogP contribution in [0.5, 0.6) is 0 Å². The number of nitrogens with zero attached hydrogens (tertiary/aromatic N) is 1. The predicted octanol–water partition coefficient (Wildman–Crippen LogP) is 2.39. The average Bonchev–Trinajstić information content (AvgIpc) is 3.00. The quantitative estimate of drug-likeness (QED) is 0.847. The smallest absolute Gasteiger partial charge is 0.220 e. The second kappa shape index (κ2) is 7.74. The van der Waals surface area contributed by atoms with E-state index in [9.17, 15) is 4.79 Å². The Hall–Kier alpha value is -0.940. The van der Waals surface area contributed by atoms with Crippen molar-refractivity contribution >= 4 is 17.2 Å². The summed E-state index contributed by atoms with van der Waals surface area (Å²) in [5.74, 6) is 1.57. The minimum absolute atomic E-state index is 0.173. The van der Waals surface area contributed by atoms with Gasteiger partial charge >= 0.3 is 0 Å². The molecule has 20 heavy (non-hydrogen) atoms. The second-order valence-electron chi connectivity index (χ2n) is 5.86. The van der Waals surface area contributed by atoms with Gasteiger partial charge < -0.3 is 10.6 Å². The first kappa shape index (κ1) is 15.4. The van der Waals surface area contributed by atoms with E-state index in [1.807, 2.05) is 11.6 Å². The molecule has 1 fully saturated rings. The average molecular weight is 295 g/mol. The third kappa shape index (κ3) is 4.56. The zero-order valence-electron chi connectivity index (χ0n) is 12.4. The number of nitrogens with one attached hydrogen (secondary N) is 2. The fourth-order valence-electron chi connectivity index (χ4n) is 2.73. The van der Waals surface area contributed by atoms with Gasteiger partial charge in [-0.1, -0.05) is 13.8 Å². The Kier molecular flexibility index (Phi) is 5.98. The number of rotatable bonds is 6. The molecular weight excluding hydrogens is 270 g/mol. The van der Waals surface area contributed by atoms with Crippen LogP contribution in [0.1, 0.15) is 44.0 Å². The van der Waals surface area contributed by atoms with E-state index >= 15 is 0 Å². The van der Waals surface area contributed by atoms with Crippen LogP contribution in [0.15, 0.2) is 11.6 Å². The molecule has 0 aliphatic carbocycles. The fourth-order valence-corrected chi connectivity index (χ4v) is 3.43. The summed E-state index contributed by atoms with van der Waals surface area (Å²) < 4.78 is 0. The molecule has 1 aromatic heterocycles. The van der Waals surface area contributed by atoms with E-state index < -0.39 is 0 Å². The molecule has 4 nitrogen and oxygen atoms in total. The van der Waals surface area contributed by atoms with Gasteiger partial charge in [-0.3, -0.25) is 4.79 Å². The number of piperidine rings is 1. The Labute approximate surface area is 125 Å². The van der Waals surface area contributed by atoms with Crippen molar-refractivity contribution in [2.45, 2.75) is 39.0 Å². The maximum Gasteiger partial charge on any atom is 0.220 e. The van der Waals surface area contributed by atoms with Crippen molar-refractivity contribution in [2.24, 2.45) is 11.8 Å². The van der Waals surface area contributed by atoms with Gasteiger partial charge in [0.2, 0.25) is 5.91 Å². The van der Waals surface area contributed by atoms with E-state index in [-0.39, 0.29) is 5.91 Å². The van der Waals surface area contributed by atoms with E-state index in [2.05, 4.69) is 29.5 Å². The van der Waals surface area contributed by atoms with Crippen molar-refractivity contribution in [3.8, 4) is 0 Å². The van der Waals surface area contributed by atoms with Crippen LogP contribution in [-0.4, -0.2) is 30.5 Å². The van der Waals surface area contributed by atoms with Crippen molar-refractivity contribution in [3.05, 3.63) is 16.6 Å². The van der Waals surface area contributed by atoms with Gasteiger partial charge in [0.25, 0.3) is 0 Å². The Morgan fingerprint density at radius 2 is 2.45 bits per heavy atom. The number of amides is 1. The summed E-state index contributed by atoms with van der Waals surface area (Å²) in [6.07, 6.45) is 4.93. The first-order valence-electron chi connectivity index (χ1n) is 7.53. The van der Waals surface area contributed by atoms with Crippen molar-refractivity contribution < 1.29 is 4.79 Å². The Balaban J connectivity index is 1.69. The lowest BCUT2D eigenvalue weighted by atomic mass is 9.85. The van der Waals surface area contributed by atoms with Crippen LogP contribution in [-0.2, 0) is 4.79 Å². The third-order valence-corrected chi connectivity index (χ3v) is 5.13. The van der Waals surface area contributed by atoms with Crippen LogP contribution in [0, 0.1) is 11.8 Å². The zero-order valence-corrected chi connectivity index (χ0v) is 13.2. The first-order valence-corrected chi connectivity index (χ1v) is 8.41. The highest BCUT2D eigenvalue weighted by molar-refractivity contribution is 7.09. The Morgan fingerprint density at radius 3 is 3.10 bits per heavy atom. The summed E-state index contributed by atoms with van der Waals surface area (Å²) >= 11 is 1.65. The molecule has 112 valence electrons. The molecular formula is C15H25N3OS. The molecule has 3 unspecified atom stereocenters. The number of hydrogen-bond acceptors (Lipinski definition) is 4. The van der Waals surface area contributed by atoms with Crippen molar-refractivity contribution in [1.29, 1.82) is 0 Å². The lowest BCUT2D eigenvalue weighted by Gasteiger charge is -2.28. The molecule has 2 N–H and O–H groups in total. The van der Waals surface area contributed by atoms with Crippen molar-refractivity contribution in [3.63, 3.8) is 0 Å². The fraction of sp³-hybridized carbons (Fsp3) is 0.733. The van der Waals surface area contributed by atoms with E-state index in [1.54, 1.807) is 11.3 Å². The van der Waals surface area contributed by atoms with Crippen LogP contribution in [0.4, 0.5) is 0 Å². The largest absolute Gasteiger partial charge is 0.355 e. The SMILES string of the molecule is CC(CNC(=O)CC(C)C1CCCNC1)c1nccs1.